The van der Waals surface area contributed by atoms with Crippen LogP contribution in [0.5, 0.6) is 0 Å². The molecule has 2 unspecified atom stereocenters. The Morgan fingerprint density at radius 2 is 2.09 bits per heavy atom. The summed E-state index contributed by atoms with van der Waals surface area (Å²) >= 11 is 0. The van der Waals surface area contributed by atoms with Crippen molar-refractivity contribution in [2.45, 2.75) is 37.4 Å². The first-order valence-electron chi connectivity index (χ1n) is 4.49. The average molecular weight is 166 g/mol. The minimum absolute atomic E-state index is 0.800. The van der Waals surface area contributed by atoms with Crippen LogP contribution in [0.25, 0.3) is 0 Å². The summed E-state index contributed by atoms with van der Waals surface area (Å²) in [6, 6.07) is 1.42. The quantitative estimate of drug-likeness (QED) is 0.435. The Balaban J connectivity index is 2.72. The van der Waals surface area contributed by atoms with E-state index in [0.29, 0.717) is 0 Å². The van der Waals surface area contributed by atoms with Crippen LogP contribution in [-0.4, -0.2) is 8.07 Å². The van der Waals surface area contributed by atoms with Crippen molar-refractivity contribution in [2.75, 3.05) is 0 Å². The molecule has 0 bridgehead atoms. The van der Waals surface area contributed by atoms with Crippen LogP contribution in [0.1, 0.15) is 19.3 Å². The van der Waals surface area contributed by atoms with E-state index in [1.54, 1.807) is 0 Å². The van der Waals surface area contributed by atoms with Gasteiger partial charge in [-0.15, -0.1) is 18.9 Å². The molecule has 1 saturated heterocycles. The van der Waals surface area contributed by atoms with E-state index in [2.05, 4.69) is 31.5 Å². The van der Waals surface area contributed by atoms with Gasteiger partial charge in [-0.3, -0.25) is 0 Å². The van der Waals surface area contributed by atoms with Gasteiger partial charge in [0.05, 0.1) is 8.07 Å². The molecule has 1 aliphatic heterocycles. The second kappa shape index (κ2) is 3.40. The lowest BCUT2D eigenvalue weighted by molar-refractivity contribution is 0.668. The lowest BCUT2D eigenvalue weighted by Gasteiger charge is -2.35. The molecular formula is C10H18Si. The highest BCUT2D eigenvalue weighted by molar-refractivity contribution is 6.85. The van der Waals surface area contributed by atoms with Crippen molar-refractivity contribution < 1.29 is 0 Å². The van der Waals surface area contributed by atoms with Gasteiger partial charge in [0.1, 0.15) is 0 Å². The Labute approximate surface area is 71.0 Å². The van der Waals surface area contributed by atoms with Crippen molar-refractivity contribution in [3.8, 4) is 0 Å². The number of allylic oxidation sites excluding steroid dienone is 1. The van der Waals surface area contributed by atoms with Crippen LogP contribution in [-0.2, 0) is 0 Å². The molecule has 0 aromatic rings. The van der Waals surface area contributed by atoms with E-state index in [4.69, 9.17) is 0 Å². The monoisotopic (exact) mass is 166 g/mol. The van der Waals surface area contributed by atoms with Crippen molar-refractivity contribution in [3.05, 3.63) is 24.9 Å². The third kappa shape index (κ3) is 1.64. The molecule has 0 aliphatic carbocycles. The zero-order valence-corrected chi connectivity index (χ0v) is 8.47. The van der Waals surface area contributed by atoms with Crippen LogP contribution in [0.3, 0.4) is 0 Å². The predicted molar refractivity (Wildman–Crippen MR) is 54.4 cm³/mol. The zero-order chi connectivity index (χ0) is 8.32. The van der Waals surface area contributed by atoms with Crippen LogP contribution in [0.2, 0.25) is 18.1 Å². The molecule has 1 heteroatoms. The fraction of sp³-hybridized carbons (Fsp3) is 0.600. The van der Waals surface area contributed by atoms with Gasteiger partial charge in [0.2, 0.25) is 0 Å². The van der Waals surface area contributed by atoms with Gasteiger partial charge in [-0.1, -0.05) is 31.5 Å². The van der Waals surface area contributed by atoms with Gasteiger partial charge in [0.15, 0.2) is 0 Å². The number of hydrogen-bond acceptors (Lipinski definition) is 0. The second-order valence-electron chi connectivity index (χ2n) is 3.80. The van der Waals surface area contributed by atoms with Crippen LogP contribution >= 0.6 is 0 Å². The molecule has 11 heavy (non-hydrogen) atoms. The van der Waals surface area contributed by atoms with Gasteiger partial charge in [-0.2, -0.15) is 0 Å². The van der Waals surface area contributed by atoms with Crippen LogP contribution in [0, 0.1) is 0 Å². The largest absolute Gasteiger partial charge is 0.107 e. The van der Waals surface area contributed by atoms with E-state index in [9.17, 15) is 0 Å². The molecule has 0 N–H and O–H groups in total. The molecule has 1 rings (SSSR count). The summed E-state index contributed by atoms with van der Waals surface area (Å²) in [5, 5.41) is 0. The highest BCUT2D eigenvalue weighted by atomic mass is 28.3. The topological polar surface area (TPSA) is 0 Å². The first-order valence-corrected chi connectivity index (χ1v) is 7.35. The van der Waals surface area contributed by atoms with E-state index >= 15 is 0 Å². The standard InChI is InChI=1S/C10H18Si/c1-4-10-8-6-7-9-11(10,3)5-2/h4-5,10H,1-2,6-9H2,3H3. The molecule has 62 valence electrons. The maximum atomic E-state index is 3.97. The van der Waals surface area contributed by atoms with E-state index in [-0.39, 0.29) is 0 Å². The van der Waals surface area contributed by atoms with Gasteiger partial charge in [0, 0.05) is 0 Å². The predicted octanol–water partition coefficient (Wildman–Crippen LogP) is 3.53. The van der Waals surface area contributed by atoms with Gasteiger partial charge in [-0.05, 0) is 12.0 Å². The lowest BCUT2D eigenvalue weighted by Crippen LogP contribution is -2.35. The Hall–Kier alpha value is -0.303. The molecule has 0 saturated carbocycles. The third-order valence-corrected chi connectivity index (χ3v) is 7.66. The highest BCUT2D eigenvalue weighted by Gasteiger charge is 2.33. The smallest absolute Gasteiger partial charge is 0.0807 e. The summed E-state index contributed by atoms with van der Waals surface area (Å²) in [7, 11) is -1.09. The fourth-order valence-electron chi connectivity index (χ4n) is 2.03. The van der Waals surface area contributed by atoms with Crippen molar-refractivity contribution in [2.24, 2.45) is 0 Å². The minimum atomic E-state index is -1.09. The van der Waals surface area contributed by atoms with Gasteiger partial charge < -0.3 is 0 Å². The summed E-state index contributed by atoms with van der Waals surface area (Å²) in [5.74, 6) is 0. The maximum Gasteiger partial charge on any atom is 0.0807 e. The lowest BCUT2D eigenvalue weighted by atomic mass is 10.2. The maximum absolute atomic E-state index is 3.97. The third-order valence-electron chi connectivity index (χ3n) is 3.08. The molecule has 2 atom stereocenters. The van der Waals surface area contributed by atoms with Crippen molar-refractivity contribution in [1.82, 2.24) is 0 Å². The number of rotatable bonds is 2. The molecule has 0 amide bonds. The van der Waals surface area contributed by atoms with Crippen molar-refractivity contribution in [1.29, 1.82) is 0 Å². The first kappa shape index (κ1) is 8.79. The molecule has 0 aromatic carbocycles. The minimum Gasteiger partial charge on any atom is -0.107 e. The summed E-state index contributed by atoms with van der Waals surface area (Å²) in [5.41, 5.74) is 3.05. The molecule has 0 radical (unpaired) electrons. The molecule has 0 spiro atoms. The SMILES string of the molecule is C=CC1CCCC[Si]1(C)C=C. The van der Waals surface area contributed by atoms with Gasteiger partial charge in [-0.25, -0.2) is 0 Å². The van der Waals surface area contributed by atoms with Crippen molar-refractivity contribution in [3.63, 3.8) is 0 Å². The van der Waals surface area contributed by atoms with Gasteiger partial charge >= 0.3 is 0 Å². The first-order chi connectivity index (χ1) is 5.23. The highest BCUT2D eigenvalue weighted by Crippen LogP contribution is 2.38. The molecule has 1 heterocycles. The molecule has 0 nitrogen and oxygen atoms in total. The zero-order valence-electron chi connectivity index (χ0n) is 7.47. The van der Waals surface area contributed by atoms with E-state index < -0.39 is 8.07 Å². The Bertz CT molecular complexity index is 162. The van der Waals surface area contributed by atoms with Crippen LogP contribution in [0.4, 0.5) is 0 Å². The fourth-order valence-corrected chi connectivity index (χ4v) is 5.32. The van der Waals surface area contributed by atoms with E-state index in [1.165, 1.54) is 25.3 Å². The summed E-state index contributed by atoms with van der Waals surface area (Å²) in [6.45, 7) is 10.3. The molecular weight excluding hydrogens is 148 g/mol. The molecule has 0 aromatic heterocycles. The van der Waals surface area contributed by atoms with Crippen LogP contribution < -0.4 is 0 Å². The second-order valence-corrected chi connectivity index (χ2v) is 8.46. The molecule has 1 aliphatic rings. The molecule has 1 fully saturated rings. The van der Waals surface area contributed by atoms with Crippen LogP contribution in [0.15, 0.2) is 24.9 Å². The van der Waals surface area contributed by atoms with Crippen molar-refractivity contribution >= 4 is 8.07 Å². The Morgan fingerprint density at radius 3 is 2.55 bits per heavy atom. The summed E-state index contributed by atoms with van der Waals surface area (Å²) in [4.78, 5) is 0. The Kier molecular flexibility index (Phi) is 2.71. The van der Waals surface area contributed by atoms with E-state index in [1.807, 2.05) is 0 Å². The normalized spacial score (nSPS) is 38.1. The van der Waals surface area contributed by atoms with Gasteiger partial charge in [0.25, 0.3) is 0 Å². The Morgan fingerprint density at radius 1 is 1.36 bits per heavy atom. The summed E-state index contributed by atoms with van der Waals surface area (Å²) in [6.07, 6.45) is 6.33. The summed E-state index contributed by atoms with van der Waals surface area (Å²) < 4.78 is 0. The number of hydrogen-bond donors (Lipinski definition) is 0. The van der Waals surface area contributed by atoms with E-state index in [0.717, 1.165) is 5.54 Å². The average Bonchev–Trinajstić information content (AvgIpc) is 2.05.